The van der Waals surface area contributed by atoms with Gasteiger partial charge in [-0.25, -0.2) is 4.98 Å². The van der Waals surface area contributed by atoms with Crippen LogP contribution in [0.5, 0.6) is 0 Å². The Bertz CT molecular complexity index is 904. The molecular formula is C22H25ClN2O4S. The quantitative estimate of drug-likeness (QED) is 0.603. The third-order valence-corrected chi connectivity index (χ3v) is 6.86. The second-order valence-corrected chi connectivity index (χ2v) is 9.03. The van der Waals surface area contributed by atoms with Crippen LogP contribution < -0.4 is 0 Å². The molecule has 1 amide bonds. The predicted octanol–water partition coefficient (Wildman–Crippen LogP) is 4.43. The monoisotopic (exact) mass is 448 g/mol. The van der Waals surface area contributed by atoms with Crippen molar-refractivity contribution in [3.8, 4) is 0 Å². The molecule has 1 fully saturated rings. The Hall–Kier alpha value is -2.25. The lowest BCUT2D eigenvalue weighted by Crippen LogP contribution is -2.39. The smallest absolute Gasteiger partial charge is 0.303 e. The molecule has 30 heavy (non-hydrogen) atoms. The van der Waals surface area contributed by atoms with E-state index >= 15 is 0 Å². The topological polar surface area (TPSA) is 87.6 Å². The van der Waals surface area contributed by atoms with E-state index in [9.17, 15) is 14.4 Å². The molecule has 0 spiro atoms. The van der Waals surface area contributed by atoms with Gasteiger partial charge in [0.05, 0.1) is 18.0 Å². The molecule has 6 nitrogen and oxygen atoms in total. The fourth-order valence-electron chi connectivity index (χ4n) is 3.64. The van der Waals surface area contributed by atoms with E-state index in [0.717, 1.165) is 12.8 Å². The van der Waals surface area contributed by atoms with Gasteiger partial charge in [-0.15, -0.1) is 11.3 Å². The summed E-state index contributed by atoms with van der Waals surface area (Å²) in [5.41, 5.74) is 1.27. The molecule has 1 saturated heterocycles. The molecule has 0 aliphatic carbocycles. The van der Waals surface area contributed by atoms with Gasteiger partial charge in [0.25, 0.3) is 0 Å². The Morgan fingerprint density at radius 2 is 1.90 bits per heavy atom. The third-order valence-electron chi connectivity index (χ3n) is 5.53. The van der Waals surface area contributed by atoms with Crippen molar-refractivity contribution in [2.75, 3.05) is 13.1 Å². The minimum atomic E-state index is -0.767. The standard InChI is InChI=1S/C22H25ClN2O4S/c1-14(21(29)16-3-5-17(23)6-4-16)22-24-18(13-30-22)12-19(26)25-10-8-15(9-11-25)2-7-20(27)28/h3-6,13-15H,2,7-12H2,1H3,(H,27,28). The molecule has 1 aliphatic rings. The molecule has 3 rings (SSSR count). The molecule has 8 heteroatoms. The molecule has 0 radical (unpaired) electrons. The highest BCUT2D eigenvalue weighted by Crippen LogP contribution is 2.26. The molecular weight excluding hydrogens is 424 g/mol. The highest BCUT2D eigenvalue weighted by molar-refractivity contribution is 7.09. The molecule has 1 aliphatic heterocycles. The van der Waals surface area contributed by atoms with Crippen LogP contribution in [0.15, 0.2) is 29.6 Å². The number of carboxylic acid groups (broad SMARTS) is 1. The zero-order valence-electron chi connectivity index (χ0n) is 16.8. The Morgan fingerprint density at radius 3 is 2.53 bits per heavy atom. The second-order valence-electron chi connectivity index (χ2n) is 7.70. The average molecular weight is 449 g/mol. The zero-order valence-corrected chi connectivity index (χ0v) is 18.4. The maximum Gasteiger partial charge on any atom is 0.303 e. The highest BCUT2D eigenvalue weighted by Gasteiger charge is 2.25. The van der Waals surface area contributed by atoms with Crippen LogP contribution in [0.4, 0.5) is 0 Å². The number of amides is 1. The number of thiazole rings is 1. The van der Waals surface area contributed by atoms with Crippen molar-refractivity contribution in [3.63, 3.8) is 0 Å². The predicted molar refractivity (Wildman–Crippen MR) is 116 cm³/mol. The average Bonchev–Trinajstić information content (AvgIpc) is 3.20. The van der Waals surface area contributed by atoms with Gasteiger partial charge >= 0.3 is 5.97 Å². The van der Waals surface area contributed by atoms with Gasteiger partial charge in [-0.1, -0.05) is 11.6 Å². The van der Waals surface area contributed by atoms with Crippen molar-refractivity contribution in [1.29, 1.82) is 0 Å². The lowest BCUT2D eigenvalue weighted by molar-refractivity contribution is -0.138. The van der Waals surface area contributed by atoms with Crippen LogP contribution in [0.1, 0.15) is 59.6 Å². The number of aromatic nitrogens is 1. The number of likely N-dealkylation sites (tertiary alicyclic amines) is 1. The lowest BCUT2D eigenvalue weighted by atomic mass is 9.92. The maximum atomic E-state index is 12.7. The molecule has 1 aromatic heterocycles. The van der Waals surface area contributed by atoms with Crippen LogP contribution in [-0.4, -0.2) is 45.7 Å². The fourth-order valence-corrected chi connectivity index (χ4v) is 4.64. The number of halogens is 1. The van der Waals surface area contributed by atoms with Crippen molar-refractivity contribution in [2.45, 2.75) is 44.9 Å². The van der Waals surface area contributed by atoms with Crippen molar-refractivity contribution >= 4 is 40.6 Å². The van der Waals surface area contributed by atoms with Crippen LogP contribution in [0, 0.1) is 5.92 Å². The van der Waals surface area contributed by atoms with Crippen molar-refractivity contribution in [1.82, 2.24) is 9.88 Å². The van der Waals surface area contributed by atoms with E-state index in [2.05, 4.69) is 4.98 Å². The Labute approximate surface area is 184 Å². The number of hydrogen-bond acceptors (Lipinski definition) is 5. The van der Waals surface area contributed by atoms with E-state index in [4.69, 9.17) is 16.7 Å². The summed E-state index contributed by atoms with van der Waals surface area (Å²) in [5, 5.41) is 11.9. The van der Waals surface area contributed by atoms with E-state index in [1.54, 1.807) is 24.3 Å². The summed E-state index contributed by atoms with van der Waals surface area (Å²) in [4.78, 5) is 42.4. The largest absolute Gasteiger partial charge is 0.481 e. The number of hydrogen-bond donors (Lipinski definition) is 1. The first-order valence-corrected chi connectivity index (χ1v) is 11.3. The molecule has 160 valence electrons. The summed E-state index contributed by atoms with van der Waals surface area (Å²) in [7, 11) is 0. The zero-order chi connectivity index (χ0) is 21.7. The van der Waals surface area contributed by atoms with E-state index < -0.39 is 5.97 Å². The summed E-state index contributed by atoms with van der Waals surface area (Å²) >= 11 is 7.28. The van der Waals surface area contributed by atoms with Crippen molar-refractivity contribution in [2.24, 2.45) is 5.92 Å². The van der Waals surface area contributed by atoms with E-state index in [1.807, 2.05) is 17.2 Å². The molecule has 0 saturated carbocycles. The SMILES string of the molecule is CC(C(=O)c1ccc(Cl)cc1)c1nc(CC(=O)N2CCC(CCC(=O)O)CC2)cs1. The first-order chi connectivity index (χ1) is 14.3. The molecule has 2 aromatic rings. The van der Waals surface area contributed by atoms with Gasteiger partial charge in [-0.05, 0) is 56.4 Å². The minimum absolute atomic E-state index is 0.0256. The normalized spacial score (nSPS) is 15.7. The van der Waals surface area contributed by atoms with Crippen molar-refractivity contribution in [3.05, 3.63) is 50.9 Å². The van der Waals surface area contributed by atoms with Crippen LogP contribution in [-0.2, 0) is 16.0 Å². The van der Waals surface area contributed by atoms with Gasteiger partial charge < -0.3 is 10.0 Å². The lowest BCUT2D eigenvalue weighted by Gasteiger charge is -2.31. The number of ketones is 1. The van der Waals surface area contributed by atoms with Crippen LogP contribution >= 0.6 is 22.9 Å². The maximum absolute atomic E-state index is 12.7. The van der Waals surface area contributed by atoms with Gasteiger partial charge in [0.1, 0.15) is 5.01 Å². The van der Waals surface area contributed by atoms with Crippen LogP contribution in [0.2, 0.25) is 5.02 Å². The number of nitrogens with zero attached hydrogens (tertiary/aromatic N) is 2. The fraction of sp³-hybridized carbons (Fsp3) is 0.455. The number of benzene rings is 1. The van der Waals surface area contributed by atoms with Crippen molar-refractivity contribution < 1.29 is 19.5 Å². The summed E-state index contributed by atoms with van der Waals surface area (Å²) in [6.07, 6.45) is 2.76. The summed E-state index contributed by atoms with van der Waals surface area (Å²) in [6.45, 7) is 3.14. The number of aliphatic carboxylic acids is 1. The summed E-state index contributed by atoms with van der Waals surface area (Å²) < 4.78 is 0. The second kappa shape index (κ2) is 10.2. The molecule has 1 aromatic carbocycles. The molecule has 1 atom stereocenters. The van der Waals surface area contributed by atoms with Gasteiger partial charge in [0, 0.05) is 35.5 Å². The van der Waals surface area contributed by atoms with E-state index in [1.165, 1.54) is 11.3 Å². The number of rotatable bonds is 8. The third kappa shape index (κ3) is 5.89. The van der Waals surface area contributed by atoms with Crippen LogP contribution in [0.25, 0.3) is 0 Å². The summed E-state index contributed by atoms with van der Waals surface area (Å²) in [6, 6.07) is 6.80. The molecule has 1 N–H and O–H groups in total. The Kier molecular flexibility index (Phi) is 7.61. The Morgan fingerprint density at radius 1 is 1.23 bits per heavy atom. The van der Waals surface area contributed by atoms with Crippen LogP contribution in [0.3, 0.4) is 0 Å². The molecule has 0 bridgehead atoms. The number of carboxylic acids is 1. The van der Waals surface area contributed by atoms with Gasteiger partial charge in [0.2, 0.25) is 5.91 Å². The minimum Gasteiger partial charge on any atom is -0.481 e. The van der Waals surface area contributed by atoms with E-state index in [0.29, 0.717) is 46.7 Å². The number of piperidine rings is 1. The van der Waals surface area contributed by atoms with Gasteiger partial charge in [0.15, 0.2) is 5.78 Å². The highest BCUT2D eigenvalue weighted by atomic mass is 35.5. The Balaban J connectivity index is 1.52. The number of Topliss-reactive ketones (excluding diaryl/α,β-unsaturated/α-hetero) is 1. The van der Waals surface area contributed by atoms with Gasteiger partial charge in [-0.3, -0.25) is 14.4 Å². The first-order valence-electron chi connectivity index (χ1n) is 10.1. The van der Waals surface area contributed by atoms with E-state index in [-0.39, 0.29) is 30.4 Å². The van der Waals surface area contributed by atoms with Gasteiger partial charge in [-0.2, -0.15) is 0 Å². The summed E-state index contributed by atoms with van der Waals surface area (Å²) in [5.74, 6) is -0.778. The number of carbonyl (C=O) groups is 3. The molecule has 2 heterocycles. The first kappa shape index (κ1) is 22.4. The number of carbonyl (C=O) groups excluding carboxylic acids is 2. The molecule has 1 unspecified atom stereocenters.